The Bertz CT molecular complexity index is 672. The molecule has 1 heterocycles. The van der Waals surface area contributed by atoms with Gasteiger partial charge in [-0.1, -0.05) is 17.3 Å². The maximum Gasteiger partial charge on any atom is 0.223 e. The molecule has 0 bridgehead atoms. The number of rotatable bonds is 6. The molecule has 2 rings (SSSR count). The molecule has 7 nitrogen and oxygen atoms in total. The lowest BCUT2D eigenvalue weighted by Gasteiger charge is -2.11. The first-order valence-corrected chi connectivity index (χ1v) is 7.49. The third-order valence-corrected chi connectivity index (χ3v) is 3.39. The van der Waals surface area contributed by atoms with Gasteiger partial charge in [0.25, 0.3) is 0 Å². The Labute approximate surface area is 159 Å². The lowest BCUT2D eigenvalue weighted by molar-refractivity contribution is 0.387. The van der Waals surface area contributed by atoms with Gasteiger partial charge < -0.3 is 19.9 Å². The molecule has 0 aliphatic heterocycles. The molecule has 0 spiro atoms. The van der Waals surface area contributed by atoms with Gasteiger partial charge >= 0.3 is 0 Å². The van der Waals surface area contributed by atoms with E-state index >= 15 is 0 Å². The van der Waals surface area contributed by atoms with Gasteiger partial charge in [0, 0.05) is 20.5 Å². The molecule has 2 aromatic rings. The number of hydrogen-bond acceptors (Lipinski definition) is 5. The summed E-state index contributed by atoms with van der Waals surface area (Å²) in [6.07, 6.45) is 0.874. The Morgan fingerprint density at radius 1 is 1.29 bits per heavy atom. The average molecular weight is 445 g/mol. The average Bonchev–Trinajstić information content (AvgIpc) is 2.97. The minimum atomic E-state index is 0. The van der Waals surface area contributed by atoms with Crippen molar-refractivity contribution in [1.29, 1.82) is 0 Å². The number of methoxy groups -OCH3 is 1. The minimum absolute atomic E-state index is 0. The minimum Gasteiger partial charge on any atom is -0.496 e. The fraction of sp³-hybridized carbons (Fsp3) is 0.438. The van der Waals surface area contributed by atoms with Crippen molar-refractivity contribution < 1.29 is 9.26 Å². The van der Waals surface area contributed by atoms with Gasteiger partial charge in [0.1, 0.15) is 5.75 Å². The molecule has 0 radical (unpaired) electrons. The molecule has 1 aromatic carbocycles. The van der Waals surface area contributed by atoms with Gasteiger partial charge in [-0.2, -0.15) is 4.98 Å². The SMILES string of the molecule is CN=C(NCCc1ccc(C)c(OC)c1)NCc1noc(C)n1.I. The lowest BCUT2D eigenvalue weighted by atomic mass is 10.1. The maximum absolute atomic E-state index is 5.34. The van der Waals surface area contributed by atoms with Gasteiger partial charge in [-0.3, -0.25) is 4.99 Å². The first-order chi connectivity index (χ1) is 11.1. The van der Waals surface area contributed by atoms with Gasteiger partial charge in [-0.05, 0) is 30.5 Å². The van der Waals surface area contributed by atoms with Crippen LogP contribution in [0.2, 0.25) is 0 Å². The molecule has 8 heteroatoms. The number of benzene rings is 1. The predicted molar refractivity (Wildman–Crippen MR) is 104 cm³/mol. The highest BCUT2D eigenvalue weighted by Crippen LogP contribution is 2.18. The number of aromatic nitrogens is 2. The monoisotopic (exact) mass is 445 g/mol. The van der Waals surface area contributed by atoms with Crippen LogP contribution in [-0.4, -0.2) is 36.8 Å². The largest absolute Gasteiger partial charge is 0.496 e. The highest BCUT2D eigenvalue weighted by atomic mass is 127. The van der Waals surface area contributed by atoms with Crippen LogP contribution in [0.4, 0.5) is 0 Å². The second-order valence-corrected chi connectivity index (χ2v) is 5.14. The van der Waals surface area contributed by atoms with Crippen molar-refractivity contribution in [2.24, 2.45) is 4.99 Å². The standard InChI is InChI=1S/C16H23N5O2.HI/c1-11-5-6-13(9-14(11)22-4)7-8-18-16(17-3)19-10-15-20-12(2)23-21-15;/h5-6,9H,7-8,10H2,1-4H3,(H2,17,18,19);1H. The van der Waals surface area contributed by atoms with E-state index in [0.717, 1.165) is 24.3 Å². The normalized spacial score (nSPS) is 10.9. The highest BCUT2D eigenvalue weighted by molar-refractivity contribution is 14.0. The van der Waals surface area contributed by atoms with E-state index in [1.54, 1.807) is 21.1 Å². The summed E-state index contributed by atoms with van der Waals surface area (Å²) in [5, 5.41) is 10.2. The molecule has 0 aliphatic carbocycles. The Hall–Kier alpha value is -1.84. The molecule has 0 fully saturated rings. The quantitative estimate of drug-likeness (QED) is 0.403. The van der Waals surface area contributed by atoms with Crippen LogP contribution in [0.3, 0.4) is 0 Å². The second-order valence-electron chi connectivity index (χ2n) is 5.14. The summed E-state index contributed by atoms with van der Waals surface area (Å²) in [6.45, 7) is 5.03. The topological polar surface area (TPSA) is 84.6 Å². The number of ether oxygens (including phenoxy) is 1. The lowest BCUT2D eigenvalue weighted by Crippen LogP contribution is -2.38. The summed E-state index contributed by atoms with van der Waals surface area (Å²) < 4.78 is 10.3. The number of nitrogens with zero attached hydrogens (tertiary/aromatic N) is 3. The van der Waals surface area contributed by atoms with Crippen molar-refractivity contribution in [1.82, 2.24) is 20.8 Å². The van der Waals surface area contributed by atoms with E-state index in [4.69, 9.17) is 9.26 Å². The molecule has 0 saturated carbocycles. The van der Waals surface area contributed by atoms with Crippen LogP contribution in [0.5, 0.6) is 5.75 Å². The van der Waals surface area contributed by atoms with Crippen molar-refractivity contribution in [3.8, 4) is 5.75 Å². The van der Waals surface area contributed by atoms with Gasteiger partial charge in [0.2, 0.25) is 5.89 Å². The molecule has 132 valence electrons. The van der Waals surface area contributed by atoms with Crippen LogP contribution in [0.1, 0.15) is 22.8 Å². The highest BCUT2D eigenvalue weighted by Gasteiger charge is 2.04. The van der Waals surface area contributed by atoms with Crippen LogP contribution >= 0.6 is 24.0 Å². The third kappa shape index (κ3) is 5.99. The molecule has 0 amide bonds. The maximum atomic E-state index is 5.34. The van der Waals surface area contributed by atoms with Crippen LogP contribution in [0.25, 0.3) is 0 Å². The number of guanidine groups is 1. The number of hydrogen-bond donors (Lipinski definition) is 2. The fourth-order valence-electron chi connectivity index (χ4n) is 2.14. The zero-order valence-electron chi connectivity index (χ0n) is 14.4. The second kappa shape index (κ2) is 10.1. The van der Waals surface area contributed by atoms with Gasteiger partial charge in [-0.15, -0.1) is 24.0 Å². The predicted octanol–water partition coefficient (Wildman–Crippen LogP) is 2.22. The summed E-state index contributed by atoms with van der Waals surface area (Å²) in [5.74, 6) is 2.77. The van der Waals surface area contributed by atoms with Gasteiger partial charge in [-0.25, -0.2) is 0 Å². The summed E-state index contributed by atoms with van der Waals surface area (Å²) >= 11 is 0. The Morgan fingerprint density at radius 3 is 2.71 bits per heavy atom. The number of aryl methyl sites for hydroxylation is 2. The number of aliphatic imine (C=N–C) groups is 1. The van der Waals surface area contributed by atoms with E-state index in [9.17, 15) is 0 Å². The summed E-state index contributed by atoms with van der Waals surface area (Å²) in [5.41, 5.74) is 2.35. The van der Waals surface area contributed by atoms with Crippen LogP contribution in [-0.2, 0) is 13.0 Å². The van der Waals surface area contributed by atoms with Crippen molar-refractivity contribution in [2.75, 3.05) is 20.7 Å². The summed E-state index contributed by atoms with van der Waals surface area (Å²) in [4.78, 5) is 8.31. The summed E-state index contributed by atoms with van der Waals surface area (Å²) in [6, 6.07) is 6.24. The zero-order chi connectivity index (χ0) is 16.7. The van der Waals surface area contributed by atoms with Crippen molar-refractivity contribution in [3.63, 3.8) is 0 Å². The molecular formula is C16H24IN5O2. The van der Waals surface area contributed by atoms with Crippen molar-refractivity contribution >= 4 is 29.9 Å². The van der Waals surface area contributed by atoms with E-state index in [-0.39, 0.29) is 24.0 Å². The first kappa shape index (κ1) is 20.2. The van der Waals surface area contributed by atoms with E-state index in [2.05, 4.69) is 44.0 Å². The molecule has 0 saturated heterocycles. The zero-order valence-corrected chi connectivity index (χ0v) is 16.8. The number of nitrogens with one attached hydrogen (secondary N) is 2. The van der Waals surface area contributed by atoms with Gasteiger partial charge in [0.05, 0.1) is 13.7 Å². The van der Waals surface area contributed by atoms with Crippen LogP contribution in [0.15, 0.2) is 27.7 Å². The van der Waals surface area contributed by atoms with E-state index < -0.39 is 0 Å². The fourth-order valence-corrected chi connectivity index (χ4v) is 2.14. The van der Waals surface area contributed by atoms with E-state index in [0.29, 0.717) is 24.2 Å². The van der Waals surface area contributed by atoms with Crippen LogP contribution < -0.4 is 15.4 Å². The Morgan fingerprint density at radius 2 is 2.08 bits per heavy atom. The Kier molecular flexibility index (Phi) is 8.51. The van der Waals surface area contributed by atoms with E-state index in [1.807, 2.05) is 6.92 Å². The molecule has 0 aliphatic rings. The van der Waals surface area contributed by atoms with Crippen molar-refractivity contribution in [3.05, 3.63) is 41.0 Å². The molecule has 1 aromatic heterocycles. The van der Waals surface area contributed by atoms with Crippen molar-refractivity contribution in [2.45, 2.75) is 26.8 Å². The molecule has 0 atom stereocenters. The number of halogens is 1. The summed E-state index contributed by atoms with van der Waals surface area (Å²) in [7, 11) is 3.42. The van der Waals surface area contributed by atoms with E-state index in [1.165, 1.54) is 5.56 Å². The van der Waals surface area contributed by atoms with Gasteiger partial charge in [0.15, 0.2) is 11.8 Å². The molecule has 0 unspecified atom stereocenters. The molecule has 2 N–H and O–H groups in total. The third-order valence-electron chi connectivity index (χ3n) is 3.39. The van der Waals surface area contributed by atoms with Crippen LogP contribution in [0, 0.1) is 13.8 Å². The molecule has 24 heavy (non-hydrogen) atoms. The first-order valence-electron chi connectivity index (χ1n) is 7.49. The Balaban J connectivity index is 0.00000288. The smallest absolute Gasteiger partial charge is 0.223 e. The molecular weight excluding hydrogens is 421 g/mol.